The lowest BCUT2D eigenvalue weighted by molar-refractivity contribution is 0.612. The molecule has 1 aliphatic rings. The van der Waals surface area contributed by atoms with Crippen molar-refractivity contribution < 1.29 is 0 Å². The van der Waals surface area contributed by atoms with E-state index in [4.69, 9.17) is 0 Å². The molecule has 0 spiro atoms. The van der Waals surface area contributed by atoms with Gasteiger partial charge in [-0.3, -0.25) is 0 Å². The van der Waals surface area contributed by atoms with Gasteiger partial charge in [0, 0.05) is 17.3 Å². The molecule has 106 valence electrons. The summed E-state index contributed by atoms with van der Waals surface area (Å²) in [7, 11) is 0. The molecular formula is C16H27N3. The van der Waals surface area contributed by atoms with E-state index in [1.54, 1.807) is 6.33 Å². The fourth-order valence-electron chi connectivity index (χ4n) is 2.83. The fraction of sp³-hybridized carbons (Fsp3) is 0.750. The molecular weight excluding hydrogens is 234 g/mol. The second kappa shape index (κ2) is 7.46. The second-order valence-electron chi connectivity index (χ2n) is 5.75. The van der Waals surface area contributed by atoms with E-state index in [1.807, 2.05) is 0 Å². The van der Waals surface area contributed by atoms with Crippen molar-refractivity contribution in [3.8, 4) is 0 Å². The molecule has 1 atom stereocenters. The van der Waals surface area contributed by atoms with Crippen LogP contribution in [-0.4, -0.2) is 16.0 Å². The van der Waals surface area contributed by atoms with Gasteiger partial charge in [-0.15, -0.1) is 0 Å². The number of nitrogens with zero attached hydrogens (tertiary/aromatic N) is 2. The Kier molecular flexibility index (Phi) is 5.62. The fourth-order valence-corrected chi connectivity index (χ4v) is 2.83. The molecule has 0 saturated heterocycles. The maximum Gasteiger partial charge on any atom is 0.133 e. The van der Waals surface area contributed by atoms with Gasteiger partial charge in [0.2, 0.25) is 0 Å². The van der Waals surface area contributed by atoms with E-state index in [0.717, 1.165) is 18.7 Å². The van der Waals surface area contributed by atoms with Crippen molar-refractivity contribution in [3.63, 3.8) is 0 Å². The molecule has 0 aliphatic heterocycles. The molecule has 1 heterocycles. The quantitative estimate of drug-likeness (QED) is 0.618. The zero-order chi connectivity index (χ0) is 13.5. The lowest BCUT2D eigenvalue weighted by Crippen LogP contribution is -2.18. The third kappa shape index (κ3) is 4.19. The van der Waals surface area contributed by atoms with Crippen LogP contribution in [0, 0.1) is 0 Å². The van der Waals surface area contributed by atoms with Gasteiger partial charge in [0.05, 0.1) is 0 Å². The van der Waals surface area contributed by atoms with Crippen molar-refractivity contribution >= 4 is 5.82 Å². The Balaban J connectivity index is 1.99. The Morgan fingerprint density at radius 1 is 1.16 bits per heavy atom. The third-order valence-electron chi connectivity index (χ3n) is 4.00. The average molecular weight is 261 g/mol. The number of nitrogens with one attached hydrogen (secondary N) is 1. The summed E-state index contributed by atoms with van der Waals surface area (Å²) < 4.78 is 0. The van der Waals surface area contributed by atoms with Crippen LogP contribution in [-0.2, 0) is 12.8 Å². The van der Waals surface area contributed by atoms with E-state index in [9.17, 15) is 0 Å². The molecule has 0 aromatic carbocycles. The molecule has 19 heavy (non-hydrogen) atoms. The van der Waals surface area contributed by atoms with Gasteiger partial charge in [-0.2, -0.15) is 0 Å². The molecule has 1 aromatic heterocycles. The standard InChI is InChI=1S/C16H27N3/c1-3-4-6-9-13(2)19-16-14-10-7-5-8-11-15(14)17-12-18-16/h12-13H,3-11H2,1-2H3,(H,17,18,19). The van der Waals surface area contributed by atoms with Gasteiger partial charge in [-0.05, 0) is 39.0 Å². The molecule has 3 nitrogen and oxygen atoms in total. The van der Waals surface area contributed by atoms with Crippen molar-refractivity contribution in [1.29, 1.82) is 0 Å². The molecule has 0 saturated carbocycles. The van der Waals surface area contributed by atoms with Crippen LogP contribution < -0.4 is 5.32 Å². The maximum atomic E-state index is 4.48. The SMILES string of the molecule is CCCCCC(C)Nc1ncnc2c1CCCCC2. The first kappa shape index (κ1) is 14.3. The Morgan fingerprint density at radius 2 is 2.00 bits per heavy atom. The number of aromatic nitrogens is 2. The smallest absolute Gasteiger partial charge is 0.133 e. The van der Waals surface area contributed by atoms with Gasteiger partial charge >= 0.3 is 0 Å². The van der Waals surface area contributed by atoms with Crippen LogP contribution in [0.3, 0.4) is 0 Å². The van der Waals surface area contributed by atoms with Crippen LogP contribution in [0.2, 0.25) is 0 Å². The van der Waals surface area contributed by atoms with Crippen molar-refractivity contribution in [2.75, 3.05) is 5.32 Å². The van der Waals surface area contributed by atoms with Crippen molar-refractivity contribution in [2.24, 2.45) is 0 Å². The van der Waals surface area contributed by atoms with Crippen molar-refractivity contribution in [3.05, 3.63) is 17.6 Å². The van der Waals surface area contributed by atoms with Gasteiger partial charge in [0.1, 0.15) is 12.1 Å². The molecule has 0 bridgehead atoms. The normalized spacial score (nSPS) is 16.5. The summed E-state index contributed by atoms with van der Waals surface area (Å²) in [6.45, 7) is 4.52. The van der Waals surface area contributed by atoms with Gasteiger partial charge in [0.25, 0.3) is 0 Å². The largest absolute Gasteiger partial charge is 0.367 e. The Hall–Kier alpha value is -1.12. The highest BCUT2D eigenvalue weighted by atomic mass is 15.0. The number of hydrogen-bond acceptors (Lipinski definition) is 3. The summed E-state index contributed by atoms with van der Waals surface area (Å²) >= 11 is 0. The second-order valence-corrected chi connectivity index (χ2v) is 5.75. The summed E-state index contributed by atoms with van der Waals surface area (Å²) in [5, 5.41) is 3.61. The van der Waals surface area contributed by atoms with Gasteiger partial charge < -0.3 is 5.32 Å². The first-order chi connectivity index (χ1) is 9.31. The van der Waals surface area contributed by atoms with Gasteiger partial charge in [0.15, 0.2) is 0 Å². The molecule has 1 unspecified atom stereocenters. The number of unbranched alkanes of at least 4 members (excludes halogenated alkanes) is 2. The maximum absolute atomic E-state index is 4.48. The highest BCUT2D eigenvalue weighted by molar-refractivity contribution is 5.47. The molecule has 2 rings (SSSR count). The molecule has 1 N–H and O–H groups in total. The molecule has 1 aliphatic carbocycles. The number of fused-ring (bicyclic) bond motifs is 1. The zero-order valence-corrected chi connectivity index (χ0v) is 12.4. The number of hydrogen-bond donors (Lipinski definition) is 1. The molecule has 3 heteroatoms. The summed E-state index contributed by atoms with van der Waals surface area (Å²) in [6, 6.07) is 0.508. The van der Waals surface area contributed by atoms with E-state index >= 15 is 0 Å². The molecule has 0 amide bonds. The van der Waals surface area contributed by atoms with E-state index in [2.05, 4.69) is 29.1 Å². The zero-order valence-electron chi connectivity index (χ0n) is 12.4. The highest BCUT2D eigenvalue weighted by Gasteiger charge is 2.15. The van der Waals surface area contributed by atoms with Gasteiger partial charge in [-0.25, -0.2) is 9.97 Å². The summed E-state index contributed by atoms with van der Waals surface area (Å²) in [4.78, 5) is 8.95. The predicted molar refractivity (Wildman–Crippen MR) is 80.5 cm³/mol. The van der Waals surface area contributed by atoms with Gasteiger partial charge in [-0.1, -0.05) is 32.6 Å². The number of anilines is 1. The van der Waals surface area contributed by atoms with E-state index in [0.29, 0.717) is 6.04 Å². The van der Waals surface area contributed by atoms with E-state index in [-0.39, 0.29) is 0 Å². The molecule has 0 fully saturated rings. The first-order valence-corrected chi connectivity index (χ1v) is 7.90. The summed E-state index contributed by atoms with van der Waals surface area (Å²) in [5.74, 6) is 1.09. The molecule has 1 aromatic rings. The molecule has 0 radical (unpaired) electrons. The monoisotopic (exact) mass is 261 g/mol. The van der Waals surface area contributed by atoms with Crippen LogP contribution in [0.15, 0.2) is 6.33 Å². The topological polar surface area (TPSA) is 37.8 Å². The summed E-state index contributed by atoms with van der Waals surface area (Å²) in [5.41, 5.74) is 2.65. The average Bonchev–Trinajstić information content (AvgIpc) is 2.65. The van der Waals surface area contributed by atoms with E-state index < -0.39 is 0 Å². The van der Waals surface area contributed by atoms with Crippen LogP contribution >= 0.6 is 0 Å². The third-order valence-corrected chi connectivity index (χ3v) is 4.00. The lowest BCUT2D eigenvalue weighted by Gasteiger charge is -2.17. The highest BCUT2D eigenvalue weighted by Crippen LogP contribution is 2.24. The minimum Gasteiger partial charge on any atom is -0.367 e. The lowest BCUT2D eigenvalue weighted by atomic mass is 10.1. The number of rotatable bonds is 6. The minimum absolute atomic E-state index is 0.508. The minimum atomic E-state index is 0.508. The number of aryl methyl sites for hydroxylation is 1. The van der Waals surface area contributed by atoms with Crippen LogP contribution in [0.25, 0.3) is 0 Å². The van der Waals surface area contributed by atoms with E-state index in [1.165, 1.54) is 56.2 Å². The van der Waals surface area contributed by atoms with Crippen LogP contribution in [0.1, 0.15) is 70.1 Å². The van der Waals surface area contributed by atoms with Crippen LogP contribution in [0.5, 0.6) is 0 Å². The first-order valence-electron chi connectivity index (χ1n) is 7.90. The predicted octanol–water partition coefficient (Wildman–Crippen LogP) is 4.13. The summed E-state index contributed by atoms with van der Waals surface area (Å²) in [6.07, 6.45) is 13.0. The Morgan fingerprint density at radius 3 is 2.84 bits per heavy atom. The van der Waals surface area contributed by atoms with Crippen molar-refractivity contribution in [2.45, 2.75) is 77.7 Å². The van der Waals surface area contributed by atoms with Crippen molar-refractivity contribution in [1.82, 2.24) is 9.97 Å². The van der Waals surface area contributed by atoms with Crippen LogP contribution in [0.4, 0.5) is 5.82 Å². The Labute approximate surface area is 117 Å². The Bertz CT molecular complexity index is 390.